The maximum Gasteiger partial charge on any atom is 0.305 e. The third-order valence-corrected chi connectivity index (χ3v) is 4.21. The van der Waals surface area contributed by atoms with Crippen molar-refractivity contribution in [2.45, 2.75) is 97.5 Å². The van der Waals surface area contributed by atoms with Gasteiger partial charge in [-0.3, -0.25) is 4.79 Å². The molecule has 3 heteroatoms. The molecule has 27 heavy (non-hydrogen) atoms. The lowest BCUT2D eigenvalue weighted by Crippen LogP contribution is -2.20. The van der Waals surface area contributed by atoms with E-state index in [1.165, 1.54) is 19.3 Å². The Morgan fingerprint density at radius 2 is 1.48 bits per heavy atom. The molecular formula is C24H42O3. The van der Waals surface area contributed by atoms with Gasteiger partial charge in [0, 0.05) is 6.42 Å². The molecule has 0 amide bonds. The topological polar surface area (TPSA) is 46.5 Å². The number of hydrogen-bond donors (Lipinski definition) is 1. The first-order valence-corrected chi connectivity index (χ1v) is 10.8. The number of carbonyl (C=O) groups is 1. The molecule has 0 aliphatic rings. The van der Waals surface area contributed by atoms with Gasteiger partial charge in [0.2, 0.25) is 0 Å². The molecule has 0 saturated carbocycles. The predicted molar refractivity (Wildman–Crippen MR) is 116 cm³/mol. The van der Waals surface area contributed by atoms with Crippen molar-refractivity contribution in [1.29, 1.82) is 0 Å². The van der Waals surface area contributed by atoms with Crippen LogP contribution in [0.15, 0.2) is 36.5 Å². The van der Waals surface area contributed by atoms with Gasteiger partial charge in [-0.1, -0.05) is 76.5 Å². The van der Waals surface area contributed by atoms with E-state index in [2.05, 4.69) is 43.4 Å². The van der Waals surface area contributed by atoms with Crippen molar-refractivity contribution in [3.63, 3.8) is 0 Å². The molecule has 1 unspecified atom stereocenters. The van der Waals surface area contributed by atoms with Gasteiger partial charge in [-0.15, -0.1) is 0 Å². The predicted octanol–water partition coefficient (Wildman–Crippen LogP) is 6.53. The molecule has 3 nitrogen and oxygen atoms in total. The van der Waals surface area contributed by atoms with Gasteiger partial charge in [0.15, 0.2) is 0 Å². The van der Waals surface area contributed by atoms with E-state index in [0.29, 0.717) is 18.8 Å². The second-order valence-corrected chi connectivity index (χ2v) is 7.57. The zero-order valence-corrected chi connectivity index (χ0v) is 17.9. The number of carbonyl (C=O) groups excluding carboxylic acids is 1. The van der Waals surface area contributed by atoms with Crippen LogP contribution < -0.4 is 0 Å². The first-order valence-electron chi connectivity index (χ1n) is 10.8. The summed E-state index contributed by atoms with van der Waals surface area (Å²) in [5.41, 5.74) is 0. The van der Waals surface area contributed by atoms with Crippen LogP contribution in [0.2, 0.25) is 0 Å². The number of ether oxygens (including phenoxy) is 1. The summed E-state index contributed by atoms with van der Waals surface area (Å²) in [6.07, 6.45) is 23.8. The number of hydrogen-bond acceptors (Lipinski definition) is 3. The Hall–Kier alpha value is -1.35. The highest BCUT2D eigenvalue weighted by Crippen LogP contribution is 2.09. The summed E-state index contributed by atoms with van der Waals surface area (Å²) in [5.74, 6) is 0.233. The van der Waals surface area contributed by atoms with Crippen molar-refractivity contribution < 1.29 is 14.6 Å². The summed E-state index contributed by atoms with van der Waals surface area (Å²) in [6, 6.07) is 0. The smallest absolute Gasteiger partial charge is 0.305 e. The molecule has 0 heterocycles. The van der Waals surface area contributed by atoms with Crippen molar-refractivity contribution in [3.8, 4) is 0 Å². The van der Waals surface area contributed by atoms with Crippen LogP contribution in [0.25, 0.3) is 0 Å². The fourth-order valence-corrected chi connectivity index (χ4v) is 2.76. The quantitative estimate of drug-likeness (QED) is 0.178. The monoisotopic (exact) mass is 378 g/mol. The molecule has 0 aliphatic heterocycles. The number of esters is 1. The van der Waals surface area contributed by atoms with Gasteiger partial charge in [0.1, 0.15) is 6.61 Å². The molecule has 0 aromatic heterocycles. The van der Waals surface area contributed by atoms with Crippen molar-refractivity contribution >= 4 is 5.97 Å². The normalized spacial score (nSPS) is 13.4. The Balaban J connectivity index is 3.40. The maximum absolute atomic E-state index is 11.6. The highest BCUT2D eigenvalue weighted by atomic mass is 16.5. The van der Waals surface area contributed by atoms with Crippen LogP contribution in [0.3, 0.4) is 0 Å². The maximum atomic E-state index is 11.6. The van der Waals surface area contributed by atoms with Crippen LogP contribution in [0.4, 0.5) is 0 Å². The number of unbranched alkanes of at least 4 members (excludes halogenated alkanes) is 5. The van der Waals surface area contributed by atoms with Crippen molar-refractivity contribution in [1.82, 2.24) is 0 Å². The summed E-state index contributed by atoms with van der Waals surface area (Å²) in [5, 5.41) is 9.68. The van der Waals surface area contributed by atoms with Gasteiger partial charge in [0.05, 0.1) is 6.10 Å². The zero-order chi connectivity index (χ0) is 20.2. The molecule has 0 fully saturated rings. The second kappa shape index (κ2) is 19.4. The minimum atomic E-state index is -0.532. The van der Waals surface area contributed by atoms with Crippen LogP contribution in [0.1, 0.15) is 91.4 Å². The van der Waals surface area contributed by atoms with E-state index in [0.717, 1.165) is 38.5 Å². The van der Waals surface area contributed by atoms with Gasteiger partial charge >= 0.3 is 5.97 Å². The van der Waals surface area contributed by atoms with Crippen molar-refractivity contribution in [2.75, 3.05) is 6.61 Å². The molecule has 0 aliphatic carbocycles. The molecule has 0 spiro atoms. The average molecular weight is 379 g/mol. The van der Waals surface area contributed by atoms with E-state index >= 15 is 0 Å². The summed E-state index contributed by atoms with van der Waals surface area (Å²) in [4.78, 5) is 11.6. The van der Waals surface area contributed by atoms with Crippen LogP contribution in [-0.4, -0.2) is 23.8 Å². The van der Waals surface area contributed by atoms with E-state index in [4.69, 9.17) is 4.74 Å². The van der Waals surface area contributed by atoms with E-state index in [1.807, 2.05) is 13.8 Å². The molecule has 0 aromatic rings. The highest BCUT2D eigenvalue weighted by molar-refractivity contribution is 5.69. The first kappa shape index (κ1) is 25.6. The van der Waals surface area contributed by atoms with Crippen molar-refractivity contribution in [2.24, 2.45) is 5.92 Å². The standard InChI is InChI=1S/C24H42O3/c1-4-5-6-7-8-9-10-11-12-13-14-15-16-17-18-19-24(26)27-21-23(25)20-22(2)3/h5-6,8-9,11-12,22-23,25H,4,7,10,13-21H2,1-3H3/b6-5-,9-8-,12-11-. The summed E-state index contributed by atoms with van der Waals surface area (Å²) < 4.78 is 5.12. The van der Waals surface area contributed by atoms with E-state index in [-0.39, 0.29) is 12.6 Å². The van der Waals surface area contributed by atoms with Crippen LogP contribution >= 0.6 is 0 Å². The minimum absolute atomic E-state index is 0.133. The van der Waals surface area contributed by atoms with Crippen LogP contribution in [0, 0.1) is 5.92 Å². The number of aliphatic hydroxyl groups is 1. The van der Waals surface area contributed by atoms with Gasteiger partial charge < -0.3 is 9.84 Å². The van der Waals surface area contributed by atoms with E-state index in [1.54, 1.807) is 0 Å². The van der Waals surface area contributed by atoms with Gasteiger partial charge in [-0.25, -0.2) is 0 Å². The van der Waals surface area contributed by atoms with Crippen molar-refractivity contribution in [3.05, 3.63) is 36.5 Å². The van der Waals surface area contributed by atoms with Crippen LogP contribution in [0.5, 0.6) is 0 Å². The molecule has 0 radical (unpaired) electrons. The third kappa shape index (κ3) is 20.8. The fourth-order valence-electron chi connectivity index (χ4n) is 2.76. The molecule has 1 N–H and O–H groups in total. The SMILES string of the molecule is CC/C=C\C/C=C\C/C=C\CCCCCCCC(=O)OCC(O)CC(C)C. The van der Waals surface area contributed by atoms with E-state index in [9.17, 15) is 9.90 Å². The molecular weight excluding hydrogens is 336 g/mol. The molecule has 0 rings (SSSR count). The number of allylic oxidation sites excluding steroid dienone is 6. The highest BCUT2D eigenvalue weighted by Gasteiger charge is 2.10. The van der Waals surface area contributed by atoms with Gasteiger partial charge in [0.25, 0.3) is 0 Å². The molecule has 0 bridgehead atoms. The average Bonchev–Trinajstić information content (AvgIpc) is 2.62. The molecule has 0 aromatic carbocycles. The van der Waals surface area contributed by atoms with Gasteiger partial charge in [-0.2, -0.15) is 0 Å². The fraction of sp³-hybridized carbons (Fsp3) is 0.708. The first-order chi connectivity index (χ1) is 13.1. The number of aliphatic hydroxyl groups excluding tert-OH is 1. The molecule has 1 atom stereocenters. The number of rotatable bonds is 17. The molecule has 0 saturated heterocycles. The third-order valence-electron chi connectivity index (χ3n) is 4.21. The lowest BCUT2D eigenvalue weighted by atomic mass is 10.1. The Morgan fingerprint density at radius 3 is 2.15 bits per heavy atom. The van der Waals surface area contributed by atoms with Gasteiger partial charge in [-0.05, 0) is 50.9 Å². The Bertz CT molecular complexity index is 421. The largest absolute Gasteiger partial charge is 0.463 e. The lowest BCUT2D eigenvalue weighted by Gasteiger charge is -2.13. The zero-order valence-electron chi connectivity index (χ0n) is 17.9. The Labute approximate surface area is 167 Å². The second-order valence-electron chi connectivity index (χ2n) is 7.57. The Morgan fingerprint density at radius 1 is 0.889 bits per heavy atom. The summed E-state index contributed by atoms with van der Waals surface area (Å²) in [7, 11) is 0. The van der Waals surface area contributed by atoms with Crippen LogP contribution in [-0.2, 0) is 9.53 Å². The van der Waals surface area contributed by atoms with E-state index < -0.39 is 6.10 Å². The molecule has 156 valence electrons. The summed E-state index contributed by atoms with van der Waals surface area (Å²) in [6.45, 7) is 6.38. The lowest BCUT2D eigenvalue weighted by molar-refractivity contribution is -0.147. The minimum Gasteiger partial charge on any atom is -0.463 e. The summed E-state index contributed by atoms with van der Waals surface area (Å²) >= 11 is 0. The Kier molecular flexibility index (Phi) is 18.4.